The Morgan fingerprint density at radius 1 is 0.319 bits per heavy atom. The van der Waals surface area contributed by atoms with Gasteiger partial charge >= 0.3 is 65.5 Å². The van der Waals surface area contributed by atoms with E-state index in [4.69, 9.17) is 71.1 Å². The number of phenolic OH excluding ortho intramolecular Hbond substituents is 24. The average molecular weight is 1890 g/mol. The largest absolute Gasteiger partial charge is 0.504 e. The minimum Gasteiger partial charge on any atom is -0.504 e. The Morgan fingerprint density at radius 2 is 0.689 bits per heavy atom. The number of phenols is 24. The number of rotatable bonds is 4. The van der Waals surface area contributed by atoms with Crippen LogP contribution >= 0.6 is 0 Å². The van der Waals surface area contributed by atoms with E-state index in [0.29, 0.717) is 30.3 Å². The highest BCUT2D eigenvalue weighted by atomic mass is 16.8. The zero-order valence-corrected chi connectivity index (χ0v) is 65.9. The number of aromatic hydroxyl groups is 24. The predicted molar refractivity (Wildman–Crippen MR) is 409 cm³/mol. The monoisotopic (exact) mass is 1890 g/mol. The average Bonchev–Trinajstić information content (AvgIpc) is 1.16. The summed E-state index contributed by atoms with van der Waals surface area (Å²) in [5.41, 5.74) is -20.8. The zero-order chi connectivity index (χ0) is 97.6. The maximum Gasteiger partial charge on any atom is 0.344 e. The van der Waals surface area contributed by atoms with E-state index in [-0.39, 0.29) is 42.5 Å². The quantitative estimate of drug-likeness (QED) is 0.0512. The first kappa shape index (κ1) is 88.5. The fourth-order valence-electron chi connectivity index (χ4n) is 15.7. The predicted octanol–water partition coefficient (Wildman–Crippen LogP) is 1.37. The van der Waals surface area contributed by atoms with E-state index in [0.717, 1.165) is 0 Å². The van der Waals surface area contributed by atoms with Gasteiger partial charge in [0.15, 0.2) is 139 Å². The molecular formula is C82H54O53. The lowest BCUT2D eigenvalue weighted by atomic mass is 9.70. The molecule has 53 heteroatoms. The molecule has 53 nitrogen and oxygen atoms in total. The molecule has 6 bridgehead atoms. The van der Waals surface area contributed by atoms with Gasteiger partial charge in [-0.15, -0.1) is 0 Å². The van der Waals surface area contributed by atoms with Crippen LogP contribution in [0.2, 0.25) is 0 Å². The number of aliphatic hydroxyl groups is 3. The number of esters is 10. The van der Waals surface area contributed by atoms with Gasteiger partial charge in [-0.25, -0.2) is 47.9 Å². The van der Waals surface area contributed by atoms with Gasteiger partial charge in [-0.05, 0) is 54.6 Å². The fraction of sp³-hybridized carbons (Fsp3) is 0.183. The molecule has 700 valence electrons. The van der Waals surface area contributed by atoms with Gasteiger partial charge in [-0.1, -0.05) is 0 Å². The van der Waals surface area contributed by atoms with E-state index in [1.54, 1.807) is 0 Å². The lowest BCUT2D eigenvalue weighted by molar-refractivity contribution is -0.339. The van der Waals surface area contributed by atoms with Crippen molar-refractivity contribution in [2.24, 2.45) is 0 Å². The van der Waals surface area contributed by atoms with Crippen molar-refractivity contribution in [3.8, 4) is 189 Å². The van der Waals surface area contributed by atoms with Crippen molar-refractivity contribution >= 4 is 65.5 Å². The number of cyclic esters (lactones) is 2. The van der Waals surface area contributed by atoms with E-state index in [2.05, 4.69) is 0 Å². The van der Waals surface area contributed by atoms with Crippen molar-refractivity contribution in [3.63, 3.8) is 0 Å². The molecule has 9 aromatic carbocycles. The van der Waals surface area contributed by atoms with Crippen molar-refractivity contribution in [2.45, 2.75) is 78.9 Å². The molecule has 0 saturated carbocycles. The molecule has 135 heavy (non-hydrogen) atoms. The van der Waals surface area contributed by atoms with Crippen LogP contribution in [0.3, 0.4) is 0 Å². The van der Waals surface area contributed by atoms with Gasteiger partial charge in [0.2, 0.25) is 82.3 Å². The van der Waals surface area contributed by atoms with Crippen molar-refractivity contribution in [1.82, 2.24) is 0 Å². The molecule has 12 atom stereocenters. The van der Waals surface area contributed by atoms with Crippen LogP contribution in [-0.2, 0) is 66.4 Å². The number of hydrogen-bond donors (Lipinski definition) is 27. The minimum absolute atomic E-state index is 0.0799. The molecular weight excluding hydrogens is 1830 g/mol. The van der Waals surface area contributed by atoms with Crippen LogP contribution in [0.4, 0.5) is 0 Å². The lowest BCUT2D eigenvalue weighted by Gasteiger charge is -2.49. The molecule has 0 aromatic heterocycles. The van der Waals surface area contributed by atoms with E-state index in [1.165, 1.54) is 0 Å². The van der Waals surface area contributed by atoms with E-state index < -0.39 is 408 Å². The van der Waals surface area contributed by atoms with Crippen LogP contribution in [-0.4, -0.2) is 290 Å². The van der Waals surface area contributed by atoms with Crippen LogP contribution in [0.5, 0.6) is 167 Å². The Labute approximate surface area is 739 Å². The van der Waals surface area contributed by atoms with Crippen LogP contribution in [0.15, 0.2) is 78.4 Å². The second kappa shape index (κ2) is 31.1. The van der Waals surface area contributed by atoms with Crippen LogP contribution in [0.25, 0.3) is 22.3 Å². The lowest BCUT2D eigenvalue weighted by Crippen LogP contribution is -2.70. The number of carbonyl (C=O) groups excluding carboxylic acids is 11. The molecule has 0 radical (unpaired) electrons. The minimum atomic E-state index is -4.23. The molecule has 1 aliphatic carbocycles. The Bertz CT molecular complexity index is 6890. The Kier molecular flexibility index (Phi) is 20.4. The van der Waals surface area contributed by atoms with E-state index in [1.807, 2.05) is 0 Å². The standard InChI is InChI=1S/C82H54O53/c83-25-1-15(2-26(84)45(25)94)69(108)129-65-62-36(13-121-71(110)17-5-29(87)47(96)53(102)39(17)40-18(73(112)127-62)6-30(88)48(97)54(40)103)125-80-67(65)132-77(116)23-9-32(90)50(99)57(106)59(23)123-35-11-21-42(56(105)61(35)126-60-24(78(117)134-80)10-33(91)51(100)58(60)107)41-19(7-31(89)49(98)55(41)104)74(113)130-66-63-37(14-122-72(21)111)124-79(133-70(109)16-3-27(85)46(95)28(86)4-16)68(66)131-75(114)20-8-34(92)52(101)64-43(20)44-22(76(115)128-63)12-38(93)82(120,135-64)81(44,118)119/h1-12,36-37,44,62-63,65-68,79-80,83-92,94-107,118-120H,13-14H2/t36-,37-,44+,62-,63-,65+,66+,67-,68-,79+,80+,82+/m1/s1. The Balaban J connectivity index is 0.861. The van der Waals surface area contributed by atoms with Gasteiger partial charge in [0.05, 0.1) is 50.4 Å². The van der Waals surface area contributed by atoms with Crippen molar-refractivity contribution in [2.75, 3.05) is 13.2 Å². The summed E-state index contributed by atoms with van der Waals surface area (Å²) < 4.78 is 86.9. The van der Waals surface area contributed by atoms with Gasteiger partial charge in [-0.2, -0.15) is 0 Å². The summed E-state index contributed by atoms with van der Waals surface area (Å²) in [6.45, 7) is -3.37. The summed E-state index contributed by atoms with van der Waals surface area (Å²) in [5, 5.41) is 305. The molecule has 9 aromatic rings. The second-order valence-electron chi connectivity index (χ2n) is 30.1. The van der Waals surface area contributed by atoms with Gasteiger partial charge in [0.25, 0.3) is 5.79 Å². The van der Waals surface area contributed by atoms with Crippen LogP contribution in [0, 0.1) is 0 Å². The third-order valence-electron chi connectivity index (χ3n) is 22.2. The normalized spacial score (nSPS) is 23.1. The first-order chi connectivity index (χ1) is 63.5. The van der Waals surface area contributed by atoms with Crippen molar-refractivity contribution in [3.05, 3.63) is 134 Å². The molecule has 7 aliphatic heterocycles. The highest BCUT2D eigenvalue weighted by Crippen LogP contribution is 2.63. The number of ether oxygens (including phenoxy) is 15. The molecule has 2 fully saturated rings. The molecule has 7 heterocycles. The number of ketones is 1. The number of fused-ring (bicyclic) bond motifs is 12. The second-order valence-corrected chi connectivity index (χ2v) is 30.1. The highest BCUT2D eigenvalue weighted by molar-refractivity contribution is 6.12. The first-order valence-electron chi connectivity index (χ1n) is 37.7. The molecule has 2 saturated heterocycles. The summed E-state index contributed by atoms with van der Waals surface area (Å²) in [5.74, 6) is -80.8. The number of hydrogen-bond acceptors (Lipinski definition) is 53. The maximum atomic E-state index is 15.9. The smallest absolute Gasteiger partial charge is 0.344 e. The molecule has 0 unspecified atom stereocenters. The maximum absolute atomic E-state index is 15.9. The van der Waals surface area contributed by atoms with Crippen LogP contribution in [0.1, 0.15) is 105 Å². The van der Waals surface area contributed by atoms with Gasteiger partial charge < -0.3 is 209 Å². The molecule has 0 amide bonds. The molecule has 0 spiro atoms. The Morgan fingerprint density at radius 3 is 1.19 bits per heavy atom. The third-order valence-corrected chi connectivity index (χ3v) is 22.2. The summed E-state index contributed by atoms with van der Waals surface area (Å²) in [6.07, 6.45) is -29.0. The Hall–Kier alpha value is -18.5. The van der Waals surface area contributed by atoms with Crippen LogP contribution < -0.4 is 14.2 Å². The third kappa shape index (κ3) is 13.7. The van der Waals surface area contributed by atoms with E-state index >= 15 is 33.6 Å². The SMILES string of the molecule is O=C1O[C@H]2[C@@H]3OC(=O)c4cc(O)c(O)c(O)c4-c4c(cc5c(c4O)Oc4c(cc(O)c(O)c4O)C(=O)O[C@@H]4O[C@@H]6COC(=O)c7cc(O)c(O)c(O)c7-c7c(cc(O)c(O)c7O)C(=O)O[C@H]6[C@H](OC(=O)c6cc(O)c(O)c(O)c6)[C@H]4OC(=O)c4cc(O)c(O)c(O)c4O5)C(=O)OC[C@H]2O[C@@H](OC(=O)c2cc(O)c(O)c(O)c2)[C@@H]3OC(=O)c2cc(O)c(O)c3c2[C@@H]2C1=CC(=O)[C@](O)(O3)C2(O)O. The zero-order valence-electron chi connectivity index (χ0n) is 65.9. The van der Waals surface area contributed by atoms with Gasteiger partial charge in [0.1, 0.15) is 36.5 Å². The molecule has 17 rings (SSSR count). The topological polar surface area (TPSA) is 872 Å². The number of benzene rings is 9. The molecule has 8 aliphatic rings. The summed E-state index contributed by atoms with van der Waals surface area (Å²) >= 11 is 0. The fourth-order valence-corrected chi connectivity index (χ4v) is 15.7. The number of carbonyl (C=O) groups is 11. The first-order valence-corrected chi connectivity index (χ1v) is 37.7. The van der Waals surface area contributed by atoms with Crippen molar-refractivity contribution < 1.29 is 262 Å². The summed E-state index contributed by atoms with van der Waals surface area (Å²) in [7, 11) is 0. The summed E-state index contributed by atoms with van der Waals surface area (Å²) in [6, 6.07) is 2.77. The van der Waals surface area contributed by atoms with E-state index in [9.17, 15) is 157 Å². The van der Waals surface area contributed by atoms with Crippen molar-refractivity contribution in [1.29, 1.82) is 0 Å². The summed E-state index contributed by atoms with van der Waals surface area (Å²) in [4.78, 5) is 166. The van der Waals surface area contributed by atoms with Gasteiger partial charge in [0, 0.05) is 46.0 Å². The van der Waals surface area contributed by atoms with Gasteiger partial charge in [-0.3, -0.25) is 4.79 Å². The highest BCUT2D eigenvalue weighted by Gasteiger charge is 2.71. The molecule has 27 N–H and O–H groups in total.